The maximum Gasteiger partial charge on any atom is 0.214 e. The molecule has 3 aromatic rings. The van der Waals surface area contributed by atoms with E-state index in [1.807, 2.05) is 24.3 Å². The first-order chi connectivity index (χ1) is 11.6. The van der Waals surface area contributed by atoms with E-state index >= 15 is 0 Å². The Morgan fingerprint density at radius 3 is 2.75 bits per heavy atom. The molecule has 0 aliphatic heterocycles. The molecule has 0 spiro atoms. The quantitative estimate of drug-likeness (QED) is 0.660. The van der Waals surface area contributed by atoms with Crippen LogP contribution in [0.25, 0.3) is 5.69 Å². The maximum atomic E-state index is 5.45. The van der Waals surface area contributed by atoms with Gasteiger partial charge in [-0.15, -0.1) is 5.10 Å². The van der Waals surface area contributed by atoms with Crippen LogP contribution in [0.3, 0.4) is 0 Å². The lowest BCUT2D eigenvalue weighted by atomic mass is 10.1. The summed E-state index contributed by atoms with van der Waals surface area (Å²) in [5.41, 5.74) is 5.76. The molecule has 24 heavy (non-hydrogen) atoms. The molecule has 0 aliphatic carbocycles. The number of thioether (sulfide) groups is 1. The second-order valence-electron chi connectivity index (χ2n) is 5.70. The molecule has 124 valence electrons. The van der Waals surface area contributed by atoms with Gasteiger partial charge in [0.1, 0.15) is 5.75 Å². The normalized spacial score (nSPS) is 10.8. The lowest BCUT2D eigenvalue weighted by Gasteiger charge is -2.11. The summed E-state index contributed by atoms with van der Waals surface area (Å²) in [6.07, 6.45) is 0. The average Bonchev–Trinajstić information content (AvgIpc) is 3.04. The molecule has 0 amide bonds. The fourth-order valence-electron chi connectivity index (χ4n) is 2.55. The zero-order valence-electron chi connectivity index (χ0n) is 14.3. The van der Waals surface area contributed by atoms with Gasteiger partial charge in [0, 0.05) is 11.3 Å². The smallest absolute Gasteiger partial charge is 0.214 e. The van der Waals surface area contributed by atoms with Crippen molar-refractivity contribution in [3.63, 3.8) is 0 Å². The van der Waals surface area contributed by atoms with Crippen molar-refractivity contribution in [1.82, 2.24) is 20.2 Å². The van der Waals surface area contributed by atoms with Gasteiger partial charge in [-0.05, 0) is 54.5 Å². The summed E-state index contributed by atoms with van der Waals surface area (Å²) in [7, 11) is 1.69. The fourth-order valence-corrected chi connectivity index (χ4v) is 3.41. The number of aromatic nitrogens is 4. The summed E-state index contributed by atoms with van der Waals surface area (Å²) < 4.78 is 7.25. The van der Waals surface area contributed by atoms with Crippen molar-refractivity contribution in [3.05, 3.63) is 58.7 Å². The van der Waals surface area contributed by atoms with Crippen LogP contribution in [-0.4, -0.2) is 27.3 Å². The van der Waals surface area contributed by atoms with Crippen LogP contribution in [0.1, 0.15) is 22.3 Å². The van der Waals surface area contributed by atoms with Gasteiger partial charge in [0.05, 0.1) is 12.8 Å². The van der Waals surface area contributed by atoms with Crippen LogP contribution in [-0.2, 0) is 5.75 Å². The minimum Gasteiger partial charge on any atom is -0.496 e. The number of aryl methyl sites for hydroxylation is 2. The number of nitrogens with zero attached hydrogens (tertiary/aromatic N) is 4. The van der Waals surface area contributed by atoms with Gasteiger partial charge in [-0.25, -0.2) is 0 Å². The summed E-state index contributed by atoms with van der Waals surface area (Å²) in [6, 6.07) is 12.3. The molecule has 1 aromatic heterocycles. The standard InChI is InChI=1S/C18H20N4OS/c1-12-8-9-17(23-4)15(10-12)11-24-18-19-20-21-22(18)16-7-5-6-13(2)14(16)3/h5-10H,11H2,1-4H3. The SMILES string of the molecule is COc1ccc(C)cc1CSc1nnnn1-c1cccc(C)c1C. The van der Waals surface area contributed by atoms with Gasteiger partial charge >= 0.3 is 0 Å². The number of hydrogen-bond donors (Lipinski definition) is 0. The van der Waals surface area contributed by atoms with Crippen LogP contribution in [0.4, 0.5) is 0 Å². The highest BCUT2D eigenvalue weighted by Crippen LogP contribution is 2.29. The molecular formula is C18H20N4OS. The molecule has 0 N–H and O–H groups in total. The van der Waals surface area contributed by atoms with Crippen molar-refractivity contribution in [2.45, 2.75) is 31.7 Å². The Bertz CT molecular complexity index is 860. The van der Waals surface area contributed by atoms with E-state index in [9.17, 15) is 0 Å². The Kier molecular flexibility index (Phi) is 4.85. The van der Waals surface area contributed by atoms with Crippen molar-refractivity contribution in [2.75, 3.05) is 7.11 Å². The summed E-state index contributed by atoms with van der Waals surface area (Å²) in [5, 5.41) is 13.0. The average molecular weight is 340 g/mol. The lowest BCUT2D eigenvalue weighted by Crippen LogP contribution is -2.02. The Balaban J connectivity index is 1.87. The molecule has 6 heteroatoms. The molecule has 0 unspecified atom stereocenters. The molecule has 0 saturated carbocycles. The van der Waals surface area contributed by atoms with Gasteiger partial charge in [-0.2, -0.15) is 4.68 Å². The molecule has 2 aromatic carbocycles. The number of hydrogen-bond acceptors (Lipinski definition) is 5. The van der Waals surface area contributed by atoms with E-state index in [2.05, 4.69) is 48.4 Å². The van der Waals surface area contributed by atoms with Gasteiger partial charge in [0.15, 0.2) is 0 Å². The molecule has 0 fully saturated rings. The van der Waals surface area contributed by atoms with Crippen molar-refractivity contribution < 1.29 is 4.74 Å². The molecule has 0 aliphatic rings. The molecule has 3 rings (SSSR count). The predicted molar refractivity (Wildman–Crippen MR) is 95.9 cm³/mol. The van der Waals surface area contributed by atoms with Gasteiger partial charge < -0.3 is 4.74 Å². The van der Waals surface area contributed by atoms with Gasteiger partial charge in [0.25, 0.3) is 0 Å². The molecular weight excluding hydrogens is 320 g/mol. The van der Waals surface area contributed by atoms with E-state index in [1.54, 1.807) is 23.6 Å². The fraction of sp³-hybridized carbons (Fsp3) is 0.278. The van der Waals surface area contributed by atoms with E-state index in [1.165, 1.54) is 16.7 Å². The van der Waals surface area contributed by atoms with Crippen LogP contribution < -0.4 is 4.74 Å². The van der Waals surface area contributed by atoms with E-state index in [-0.39, 0.29) is 0 Å². The molecule has 0 atom stereocenters. The summed E-state index contributed by atoms with van der Waals surface area (Å²) in [4.78, 5) is 0. The Morgan fingerprint density at radius 2 is 1.96 bits per heavy atom. The second-order valence-corrected chi connectivity index (χ2v) is 6.64. The first kappa shape index (κ1) is 16.5. The van der Waals surface area contributed by atoms with Crippen LogP contribution in [0, 0.1) is 20.8 Å². The molecule has 5 nitrogen and oxygen atoms in total. The zero-order valence-corrected chi connectivity index (χ0v) is 15.1. The number of tetrazole rings is 1. The van der Waals surface area contributed by atoms with E-state index in [0.29, 0.717) is 0 Å². The molecule has 0 radical (unpaired) electrons. The predicted octanol–water partition coefficient (Wildman–Crippen LogP) is 3.89. The first-order valence-electron chi connectivity index (χ1n) is 7.71. The minimum atomic E-state index is 0.746. The van der Waals surface area contributed by atoms with Crippen LogP contribution in [0.5, 0.6) is 5.75 Å². The highest BCUT2D eigenvalue weighted by atomic mass is 32.2. The van der Waals surface area contributed by atoms with Crippen LogP contribution in [0.2, 0.25) is 0 Å². The zero-order chi connectivity index (χ0) is 17.1. The van der Waals surface area contributed by atoms with Crippen molar-refractivity contribution in [1.29, 1.82) is 0 Å². The summed E-state index contributed by atoms with van der Waals surface area (Å²) in [5.74, 6) is 1.63. The molecule has 0 saturated heterocycles. The van der Waals surface area contributed by atoms with Gasteiger partial charge in [-0.1, -0.05) is 41.6 Å². The third-order valence-electron chi connectivity index (χ3n) is 4.04. The highest BCUT2D eigenvalue weighted by Gasteiger charge is 2.13. The lowest BCUT2D eigenvalue weighted by molar-refractivity contribution is 0.411. The topological polar surface area (TPSA) is 52.8 Å². The Labute approximate surface area is 146 Å². The van der Waals surface area contributed by atoms with Gasteiger partial charge in [-0.3, -0.25) is 0 Å². The Morgan fingerprint density at radius 1 is 1.12 bits per heavy atom. The first-order valence-corrected chi connectivity index (χ1v) is 8.70. The maximum absolute atomic E-state index is 5.45. The van der Waals surface area contributed by atoms with Crippen molar-refractivity contribution in [2.24, 2.45) is 0 Å². The van der Waals surface area contributed by atoms with E-state index in [4.69, 9.17) is 4.74 Å². The van der Waals surface area contributed by atoms with E-state index < -0.39 is 0 Å². The highest BCUT2D eigenvalue weighted by molar-refractivity contribution is 7.98. The van der Waals surface area contributed by atoms with Crippen LogP contribution >= 0.6 is 11.8 Å². The number of rotatable bonds is 5. The number of benzene rings is 2. The van der Waals surface area contributed by atoms with E-state index in [0.717, 1.165) is 27.9 Å². The second kappa shape index (κ2) is 7.05. The number of ether oxygens (including phenoxy) is 1. The largest absolute Gasteiger partial charge is 0.496 e. The monoisotopic (exact) mass is 340 g/mol. The van der Waals surface area contributed by atoms with Gasteiger partial charge in [0.2, 0.25) is 5.16 Å². The van der Waals surface area contributed by atoms with Crippen LogP contribution in [0.15, 0.2) is 41.6 Å². The number of methoxy groups -OCH3 is 1. The minimum absolute atomic E-state index is 0.746. The van der Waals surface area contributed by atoms with Crippen molar-refractivity contribution >= 4 is 11.8 Å². The Hall–Kier alpha value is -2.34. The third-order valence-corrected chi connectivity index (χ3v) is 5.01. The molecule has 0 bridgehead atoms. The third kappa shape index (κ3) is 3.28. The summed E-state index contributed by atoms with van der Waals surface area (Å²) >= 11 is 1.60. The summed E-state index contributed by atoms with van der Waals surface area (Å²) in [6.45, 7) is 6.26. The van der Waals surface area contributed by atoms with Crippen molar-refractivity contribution in [3.8, 4) is 11.4 Å². The molecule has 1 heterocycles.